The molecule has 0 saturated heterocycles. The predicted molar refractivity (Wildman–Crippen MR) is 49.9 cm³/mol. The molecular formula is C6H17N7. The fraction of sp³-hybridized carbons (Fsp3) is 1.00. The second-order valence-electron chi connectivity index (χ2n) is 2.40. The van der Waals surface area contributed by atoms with Crippen molar-refractivity contribution in [2.24, 2.45) is 32.4 Å². The van der Waals surface area contributed by atoms with E-state index < -0.39 is 0 Å². The van der Waals surface area contributed by atoms with E-state index in [4.69, 9.17) is 11.7 Å². The molecule has 0 heterocycles. The third-order valence-corrected chi connectivity index (χ3v) is 1.64. The summed E-state index contributed by atoms with van der Waals surface area (Å²) in [5.74, 6) is 9.74. The predicted octanol–water partition coefficient (Wildman–Crippen LogP) is -0.0399. The van der Waals surface area contributed by atoms with Gasteiger partial charge in [0, 0.05) is 13.1 Å². The maximum atomic E-state index is 4.87. The monoisotopic (exact) mass is 187 g/mol. The molecule has 0 aromatic heterocycles. The Morgan fingerprint density at radius 2 is 1.46 bits per heavy atom. The minimum atomic E-state index is 0.615. The lowest BCUT2D eigenvalue weighted by Gasteiger charge is -2.16. The van der Waals surface area contributed by atoms with Crippen LogP contribution in [0, 0.1) is 0 Å². The van der Waals surface area contributed by atoms with Crippen molar-refractivity contribution >= 4 is 0 Å². The van der Waals surface area contributed by atoms with E-state index in [2.05, 4.69) is 32.5 Å². The minimum absolute atomic E-state index is 0.615. The first kappa shape index (κ1) is 11.8. The Morgan fingerprint density at radius 1 is 1.00 bits per heavy atom. The van der Waals surface area contributed by atoms with E-state index in [0.29, 0.717) is 13.1 Å². The molecule has 76 valence electrons. The van der Waals surface area contributed by atoms with Crippen LogP contribution in [-0.2, 0) is 0 Å². The molecule has 0 aromatic carbocycles. The Morgan fingerprint density at radius 3 is 1.77 bits per heavy atom. The Bertz CT molecular complexity index is 139. The molecule has 0 aliphatic rings. The van der Waals surface area contributed by atoms with Gasteiger partial charge in [-0.2, -0.15) is 10.2 Å². The minimum Gasteiger partial charge on any atom is -0.305 e. The van der Waals surface area contributed by atoms with Crippen LogP contribution >= 0.6 is 0 Å². The molecule has 0 aromatic rings. The van der Waals surface area contributed by atoms with Crippen molar-refractivity contribution in [3.8, 4) is 0 Å². The zero-order valence-electron chi connectivity index (χ0n) is 7.93. The standard InChI is InChI=1S/C6H17N7/c1-2-13(5-3-9-11-7)6-4-10-12-8/h2-6H2,1H3,(H2,7,9)(H2,8,10). The first-order valence-electron chi connectivity index (χ1n) is 4.20. The Kier molecular flexibility index (Phi) is 8.01. The Hall–Kier alpha value is -1.24. The summed E-state index contributed by atoms with van der Waals surface area (Å²) in [6.45, 7) is 5.90. The van der Waals surface area contributed by atoms with Gasteiger partial charge in [0.15, 0.2) is 0 Å². The Balaban J connectivity index is 3.50. The molecule has 7 heteroatoms. The molecule has 0 radical (unpaired) electrons. The smallest absolute Gasteiger partial charge is 0.0747 e. The van der Waals surface area contributed by atoms with Gasteiger partial charge in [0.05, 0.1) is 13.1 Å². The lowest BCUT2D eigenvalue weighted by atomic mass is 10.4. The van der Waals surface area contributed by atoms with Crippen molar-refractivity contribution in [1.82, 2.24) is 4.90 Å². The summed E-state index contributed by atoms with van der Waals surface area (Å²) in [4.78, 5) is 2.17. The highest BCUT2D eigenvalue weighted by Gasteiger charge is 1.99. The molecule has 0 fully saturated rings. The normalized spacial score (nSPS) is 12.2. The highest BCUT2D eigenvalue weighted by Crippen LogP contribution is 1.88. The molecule has 0 unspecified atom stereocenters. The van der Waals surface area contributed by atoms with Crippen molar-refractivity contribution < 1.29 is 0 Å². The van der Waals surface area contributed by atoms with Crippen LogP contribution in [0.2, 0.25) is 0 Å². The summed E-state index contributed by atoms with van der Waals surface area (Å²) in [6.07, 6.45) is 0. The van der Waals surface area contributed by atoms with E-state index in [1.54, 1.807) is 0 Å². The van der Waals surface area contributed by atoms with Gasteiger partial charge < -0.3 is 11.7 Å². The number of nitrogens with two attached hydrogens (primary N) is 2. The molecular weight excluding hydrogens is 170 g/mol. The highest BCUT2D eigenvalue weighted by molar-refractivity contribution is 4.57. The SMILES string of the molecule is CCN(CCN=NN)CCN=NN. The van der Waals surface area contributed by atoms with Gasteiger partial charge >= 0.3 is 0 Å². The lowest BCUT2D eigenvalue weighted by Crippen LogP contribution is -2.28. The lowest BCUT2D eigenvalue weighted by molar-refractivity contribution is 0.302. The van der Waals surface area contributed by atoms with E-state index >= 15 is 0 Å². The number of nitrogens with zero attached hydrogens (tertiary/aromatic N) is 5. The van der Waals surface area contributed by atoms with E-state index in [9.17, 15) is 0 Å². The number of rotatable bonds is 7. The number of hydrogen-bond donors (Lipinski definition) is 2. The summed E-state index contributed by atoms with van der Waals surface area (Å²) in [6, 6.07) is 0. The molecule has 4 N–H and O–H groups in total. The van der Waals surface area contributed by atoms with Gasteiger partial charge in [-0.3, -0.25) is 4.90 Å². The fourth-order valence-corrected chi connectivity index (χ4v) is 0.916. The molecule has 0 aliphatic heterocycles. The van der Waals surface area contributed by atoms with Crippen LogP contribution in [0.1, 0.15) is 6.92 Å². The summed E-state index contributed by atoms with van der Waals surface area (Å²) in [7, 11) is 0. The molecule has 0 aliphatic carbocycles. The van der Waals surface area contributed by atoms with E-state index in [1.807, 2.05) is 0 Å². The molecule has 0 amide bonds. The zero-order valence-corrected chi connectivity index (χ0v) is 7.93. The van der Waals surface area contributed by atoms with Crippen molar-refractivity contribution in [3.63, 3.8) is 0 Å². The van der Waals surface area contributed by atoms with Crippen molar-refractivity contribution in [2.75, 3.05) is 32.7 Å². The summed E-state index contributed by atoms with van der Waals surface area (Å²) in [5, 5.41) is 13.7. The van der Waals surface area contributed by atoms with Gasteiger partial charge in [0.1, 0.15) is 0 Å². The van der Waals surface area contributed by atoms with Crippen LogP contribution < -0.4 is 11.7 Å². The Labute approximate surface area is 77.8 Å². The molecule has 7 nitrogen and oxygen atoms in total. The molecule has 0 saturated carbocycles. The van der Waals surface area contributed by atoms with Gasteiger partial charge in [-0.15, -0.1) is 0 Å². The van der Waals surface area contributed by atoms with Crippen LogP contribution in [0.15, 0.2) is 20.7 Å². The molecule has 0 atom stereocenters. The summed E-state index contributed by atoms with van der Waals surface area (Å²) < 4.78 is 0. The van der Waals surface area contributed by atoms with Crippen molar-refractivity contribution in [3.05, 3.63) is 0 Å². The van der Waals surface area contributed by atoms with Gasteiger partial charge in [-0.05, 0) is 6.54 Å². The van der Waals surface area contributed by atoms with Crippen molar-refractivity contribution in [1.29, 1.82) is 0 Å². The fourth-order valence-electron chi connectivity index (χ4n) is 0.916. The second-order valence-corrected chi connectivity index (χ2v) is 2.40. The third kappa shape index (κ3) is 7.13. The average Bonchev–Trinajstić information content (AvgIpc) is 2.16. The van der Waals surface area contributed by atoms with Gasteiger partial charge in [0.25, 0.3) is 0 Å². The first-order chi connectivity index (χ1) is 6.35. The van der Waals surface area contributed by atoms with Crippen molar-refractivity contribution in [2.45, 2.75) is 6.92 Å². The number of hydrogen-bond acceptors (Lipinski definition) is 5. The molecule has 0 bridgehead atoms. The second kappa shape index (κ2) is 8.85. The van der Waals surface area contributed by atoms with Gasteiger partial charge in [-0.1, -0.05) is 17.4 Å². The summed E-state index contributed by atoms with van der Waals surface area (Å²) >= 11 is 0. The molecule has 13 heavy (non-hydrogen) atoms. The van der Waals surface area contributed by atoms with E-state index in [1.165, 1.54) is 0 Å². The molecule has 0 spiro atoms. The average molecular weight is 187 g/mol. The van der Waals surface area contributed by atoms with Crippen LogP contribution in [0.5, 0.6) is 0 Å². The highest BCUT2D eigenvalue weighted by atomic mass is 15.3. The van der Waals surface area contributed by atoms with E-state index in [0.717, 1.165) is 19.6 Å². The maximum Gasteiger partial charge on any atom is 0.0747 e. The van der Waals surface area contributed by atoms with Gasteiger partial charge in [-0.25, -0.2) is 0 Å². The van der Waals surface area contributed by atoms with Crippen LogP contribution in [0.3, 0.4) is 0 Å². The van der Waals surface area contributed by atoms with E-state index in [-0.39, 0.29) is 0 Å². The number of likely N-dealkylation sites (N-methyl/N-ethyl adjacent to an activating group) is 1. The first-order valence-corrected chi connectivity index (χ1v) is 4.20. The van der Waals surface area contributed by atoms with Crippen LogP contribution in [0.25, 0.3) is 0 Å². The zero-order chi connectivity index (χ0) is 9.94. The van der Waals surface area contributed by atoms with Crippen LogP contribution in [0.4, 0.5) is 0 Å². The maximum absolute atomic E-state index is 4.87. The largest absolute Gasteiger partial charge is 0.305 e. The quantitative estimate of drug-likeness (QED) is 0.332. The van der Waals surface area contributed by atoms with Crippen LogP contribution in [-0.4, -0.2) is 37.6 Å². The third-order valence-electron chi connectivity index (χ3n) is 1.64. The van der Waals surface area contributed by atoms with Gasteiger partial charge in [0.2, 0.25) is 0 Å². The summed E-state index contributed by atoms with van der Waals surface area (Å²) in [5.41, 5.74) is 0. The topological polar surface area (TPSA) is 105 Å². The molecule has 0 rings (SSSR count).